The largest absolute Gasteiger partial charge is 0.353 e. The minimum absolute atomic E-state index is 0.00138. The number of hydrogen-bond acceptors (Lipinski definition) is 3. The molecule has 98 valence electrons. The van der Waals surface area contributed by atoms with Gasteiger partial charge in [0.05, 0.1) is 21.2 Å². The van der Waals surface area contributed by atoms with E-state index in [1.165, 1.54) is 0 Å². The number of halogens is 3. The van der Waals surface area contributed by atoms with Crippen LogP contribution in [0.5, 0.6) is 0 Å². The van der Waals surface area contributed by atoms with E-state index < -0.39 is 27.3 Å². The SMILES string of the molecule is O=S1(=O)c2ccc(F)cc2Nc2cc(F)c(F)cc21. The highest BCUT2D eigenvalue weighted by molar-refractivity contribution is 7.92. The van der Waals surface area contributed by atoms with Gasteiger partial charge in [-0.15, -0.1) is 0 Å². The third-order valence-corrected chi connectivity index (χ3v) is 4.66. The Labute approximate surface area is 106 Å². The van der Waals surface area contributed by atoms with Gasteiger partial charge in [0.1, 0.15) is 5.82 Å². The summed E-state index contributed by atoms with van der Waals surface area (Å²) in [5.74, 6) is -3.07. The summed E-state index contributed by atoms with van der Waals surface area (Å²) in [6.45, 7) is 0. The van der Waals surface area contributed by atoms with E-state index in [0.717, 1.165) is 24.3 Å². The Bertz CT molecular complexity index is 803. The van der Waals surface area contributed by atoms with Crippen LogP contribution in [0.25, 0.3) is 0 Å². The topological polar surface area (TPSA) is 46.2 Å². The molecule has 0 aliphatic carbocycles. The molecule has 7 heteroatoms. The molecule has 0 saturated carbocycles. The number of nitrogens with one attached hydrogen (secondary N) is 1. The number of hydrogen-bond donors (Lipinski definition) is 1. The fourth-order valence-electron chi connectivity index (χ4n) is 1.95. The van der Waals surface area contributed by atoms with Gasteiger partial charge in [0, 0.05) is 6.07 Å². The predicted molar refractivity (Wildman–Crippen MR) is 61.5 cm³/mol. The second kappa shape index (κ2) is 3.74. The molecule has 3 nitrogen and oxygen atoms in total. The van der Waals surface area contributed by atoms with Crippen LogP contribution < -0.4 is 5.32 Å². The molecule has 0 unspecified atom stereocenters. The molecule has 2 aromatic carbocycles. The average molecular weight is 285 g/mol. The number of fused-ring (bicyclic) bond motifs is 2. The van der Waals surface area contributed by atoms with Crippen LogP contribution >= 0.6 is 0 Å². The third-order valence-electron chi connectivity index (χ3n) is 2.81. The van der Waals surface area contributed by atoms with Crippen LogP contribution in [0.4, 0.5) is 24.5 Å². The molecular formula is C12H6F3NO2S. The van der Waals surface area contributed by atoms with E-state index in [1.807, 2.05) is 0 Å². The monoisotopic (exact) mass is 285 g/mol. The molecule has 0 radical (unpaired) electrons. The van der Waals surface area contributed by atoms with Crippen molar-refractivity contribution in [2.45, 2.75) is 9.79 Å². The number of rotatable bonds is 0. The van der Waals surface area contributed by atoms with Gasteiger partial charge >= 0.3 is 0 Å². The molecule has 1 aliphatic rings. The first-order valence-electron chi connectivity index (χ1n) is 5.20. The van der Waals surface area contributed by atoms with Gasteiger partial charge in [-0.1, -0.05) is 0 Å². The van der Waals surface area contributed by atoms with Crippen molar-refractivity contribution in [3.05, 3.63) is 47.8 Å². The molecule has 1 N–H and O–H groups in total. The first kappa shape index (κ1) is 12.0. The van der Waals surface area contributed by atoms with Crippen molar-refractivity contribution < 1.29 is 21.6 Å². The van der Waals surface area contributed by atoms with Gasteiger partial charge in [-0.25, -0.2) is 21.6 Å². The van der Waals surface area contributed by atoms with Crippen molar-refractivity contribution in [1.29, 1.82) is 0 Å². The van der Waals surface area contributed by atoms with E-state index in [0.29, 0.717) is 6.07 Å². The molecule has 3 rings (SSSR count). The summed E-state index contributed by atoms with van der Waals surface area (Å²) in [6.07, 6.45) is 0. The normalized spacial score (nSPS) is 15.3. The van der Waals surface area contributed by atoms with Crippen molar-refractivity contribution >= 4 is 21.2 Å². The maximum Gasteiger partial charge on any atom is 0.210 e. The lowest BCUT2D eigenvalue weighted by atomic mass is 10.2. The highest BCUT2D eigenvalue weighted by Gasteiger charge is 2.31. The molecule has 0 fully saturated rings. The molecule has 0 amide bonds. The lowest BCUT2D eigenvalue weighted by molar-refractivity contribution is 0.505. The first-order valence-corrected chi connectivity index (χ1v) is 6.68. The van der Waals surface area contributed by atoms with Crippen molar-refractivity contribution in [3.63, 3.8) is 0 Å². The van der Waals surface area contributed by atoms with Crippen molar-refractivity contribution in [1.82, 2.24) is 0 Å². The predicted octanol–water partition coefficient (Wildman–Crippen LogP) is 2.99. The van der Waals surface area contributed by atoms with Crippen molar-refractivity contribution in [3.8, 4) is 0 Å². The van der Waals surface area contributed by atoms with Crippen molar-refractivity contribution in [2.75, 3.05) is 5.32 Å². The Kier molecular flexibility index (Phi) is 2.37. The Hall–Kier alpha value is -2.02. The highest BCUT2D eigenvalue weighted by atomic mass is 32.2. The smallest absolute Gasteiger partial charge is 0.210 e. The lowest BCUT2D eigenvalue weighted by Gasteiger charge is -2.21. The number of sulfone groups is 1. The summed E-state index contributed by atoms with van der Waals surface area (Å²) in [5.41, 5.74) is -0.115. The summed E-state index contributed by atoms with van der Waals surface area (Å²) in [4.78, 5) is -0.544. The fourth-order valence-corrected chi connectivity index (χ4v) is 3.49. The maximum absolute atomic E-state index is 13.2. The standard InChI is InChI=1S/C12H6F3NO2S/c13-6-1-2-11-9(3-6)16-10-4-7(14)8(15)5-12(10)19(11,17)18/h1-5,16H. The Morgan fingerprint density at radius 3 is 2.21 bits per heavy atom. The molecule has 1 aliphatic heterocycles. The summed E-state index contributed by atoms with van der Waals surface area (Å²) in [6, 6.07) is 4.40. The molecule has 0 bridgehead atoms. The second-order valence-electron chi connectivity index (χ2n) is 4.03. The van der Waals surface area contributed by atoms with E-state index in [-0.39, 0.29) is 21.2 Å². The molecule has 1 heterocycles. The summed E-state index contributed by atoms with van der Waals surface area (Å²) >= 11 is 0. The van der Waals surface area contributed by atoms with Crippen LogP contribution in [0.3, 0.4) is 0 Å². The van der Waals surface area contributed by atoms with Crippen LogP contribution in [0.2, 0.25) is 0 Å². The maximum atomic E-state index is 13.2. The minimum atomic E-state index is -3.99. The quantitative estimate of drug-likeness (QED) is 0.646. The molecule has 0 saturated heterocycles. The van der Waals surface area contributed by atoms with E-state index >= 15 is 0 Å². The minimum Gasteiger partial charge on any atom is -0.353 e. The number of anilines is 2. The zero-order valence-electron chi connectivity index (χ0n) is 9.25. The Morgan fingerprint density at radius 1 is 0.842 bits per heavy atom. The van der Waals surface area contributed by atoms with Gasteiger partial charge in [0.25, 0.3) is 0 Å². The first-order chi connectivity index (χ1) is 8.89. The average Bonchev–Trinajstić information content (AvgIpc) is 2.32. The van der Waals surface area contributed by atoms with E-state index in [2.05, 4.69) is 5.32 Å². The molecule has 19 heavy (non-hydrogen) atoms. The summed E-state index contributed by atoms with van der Waals surface area (Å²) < 4.78 is 63.8. The van der Waals surface area contributed by atoms with Crippen LogP contribution in [0.1, 0.15) is 0 Å². The van der Waals surface area contributed by atoms with Gasteiger partial charge < -0.3 is 5.32 Å². The van der Waals surface area contributed by atoms with Gasteiger partial charge in [0.15, 0.2) is 11.6 Å². The van der Waals surface area contributed by atoms with Gasteiger partial charge in [-0.3, -0.25) is 0 Å². The zero-order chi connectivity index (χ0) is 13.8. The van der Waals surface area contributed by atoms with E-state index in [9.17, 15) is 21.6 Å². The number of benzene rings is 2. The van der Waals surface area contributed by atoms with Crippen LogP contribution in [-0.4, -0.2) is 8.42 Å². The Morgan fingerprint density at radius 2 is 1.47 bits per heavy atom. The molecule has 0 atom stereocenters. The summed E-state index contributed by atoms with van der Waals surface area (Å²) in [5, 5.41) is 2.58. The fraction of sp³-hybridized carbons (Fsp3) is 0. The van der Waals surface area contributed by atoms with Crippen LogP contribution in [0, 0.1) is 17.5 Å². The lowest BCUT2D eigenvalue weighted by Crippen LogP contribution is -2.14. The highest BCUT2D eigenvalue weighted by Crippen LogP contribution is 2.40. The van der Waals surface area contributed by atoms with Crippen LogP contribution in [-0.2, 0) is 9.84 Å². The summed E-state index contributed by atoms with van der Waals surface area (Å²) in [7, 11) is -3.99. The second-order valence-corrected chi connectivity index (χ2v) is 5.92. The van der Waals surface area contributed by atoms with E-state index in [4.69, 9.17) is 0 Å². The molecule has 2 aromatic rings. The molecular weight excluding hydrogens is 279 g/mol. The van der Waals surface area contributed by atoms with Gasteiger partial charge in [-0.2, -0.15) is 0 Å². The molecule has 0 aromatic heterocycles. The van der Waals surface area contributed by atoms with Gasteiger partial charge in [-0.05, 0) is 24.3 Å². The van der Waals surface area contributed by atoms with Crippen LogP contribution in [0.15, 0.2) is 40.1 Å². The molecule has 0 spiro atoms. The van der Waals surface area contributed by atoms with E-state index in [1.54, 1.807) is 0 Å². The zero-order valence-corrected chi connectivity index (χ0v) is 10.1. The van der Waals surface area contributed by atoms with Crippen molar-refractivity contribution in [2.24, 2.45) is 0 Å². The van der Waals surface area contributed by atoms with Gasteiger partial charge in [0.2, 0.25) is 9.84 Å². The third kappa shape index (κ3) is 1.69. The Balaban J connectivity index is 2.34.